The second kappa shape index (κ2) is 6.67. The lowest BCUT2D eigenvalue weighted by Gasteiger charge is -2.37. The van der Waals surface area contributed by atoms with E-state index in [0.717, 1.165) is 29.1 Å². The minimum atomic E-state index is -0.320. The zero-order valence-electron chi connectivity index (χ0n) is 14.5. The first-order valence-corrected chi connectivity index (χ1v) is 8.66. The van der Waals surface area contributed by atoms with E-state index in [4.69, 9.17) is 0 Å². The van der Waals surface area contributed by atoms with Gasteiger partial charge in [-0.05, 0) is 54.4 Å². The van der Waals surface area contributed by atoms with Crippen molar-refractivity contribution in [2.24, 2.45) is 0 Å². The monoisotopic (exact) mass is 349 g/mol. The maximum absolute atomic E-state index is 13.8. The predicted molar refractivity (Wildman–Crippen MR) is 99.6 cm³/mol. The lowest BCUT2D eigenvalue weighted by molar-refractivity contribution is 0.181. The first-order chi connectivity index (χ1) is 12.6. The standard InChI is InChI=1S/C21H20FN3O/c1-15-5-2-8-18(13-15)23-21(26)25-12-11-24-10-4-9-19(24)20(25)16-6-3-7-17(22)14-16/h2-10,13-14,20H,11-12H2,1H3,(H,23,26)/t20-/m0/s1. The van der Waals surface area contributed by atoms with Crippen molar-refractivity contribution in [3.8, 4) is 0 Å². The van der Waals surface area contributed by atoms with Crippen LogP contribution in [0.1, 0.15) is 22.9 Å². The summed E-state index contributed by atoms with van der Waals surface area (Å²) in [5.41, 5.74) is 3.59. The van der Waals surface area contributed by atoms with E-state index in [0.29, 0.717) is 6.54 Å². The molecule has 0 fully saturated rings. The number of urea groups is 1. The van der Waals surface area contributed by atoms with Crippen molar-refractivity contribution in [3.63, 3.8) is 0 Å². The number of aryl methyl sites for hydroxylation is 1. The number of halogens is 1. The number of fused-ring (bicyclic) bond motifs is 1. The molecule has 2 heterocycles. The normalized spacial score (nSPS) is 16.2. The fraction of sp³-hybridized carbons (Fsp3) is 0.190. The predicted octanol–water partition coefficient (Wildman–Crippen LogP) is 4.57. The van der Waals surface area contributed by atoms with Crippen LogP contribution in [-0.2, 0) is 6.54 Å². The zero-order valence-corrected chi connectivity index (χ0v) is 14.5. The quantitative estimate of drug-likeness (QED) is 0.723. The Morgan fingerprint density at radius 1 is 1.08 bits per heavy atom. The van der Waals surface area contributed by atoms with E-state index >= 15 is 0 Å². The van der Waals surface area contributed by atoms with Gasteiger partial charge in [0.1, 0.15) is 5.82 Å². The average molecular weight is 349 g/mol. The van der Waals surface area contributed by atoms with Gasteiger partial charge in [0.15, 0.2) is 0 Å². The van der Waals surface area contributed by atoms with Crippen LogP contribution in [0, 0.1) is 12.7 Å². The van der Waals surface area contributed by atoms with Gasteiger partial charge in [0.25, 0.3) is 0 Å². The molecule has 4 rings (SSSR count). The van der Waals surface area contributed by atoms with Crippen LogP contribution in [0.25, 0.3) is 0 Å². The highest BCUT2D eigenvalue weighted by Gasteiger charge is 2.32. The highest BCUT2D eigenvalue weighted by molar-refractivity contribution is 5.90. The molecule has 1 aliphatic heterocycles. The maximum Gasteiger partial charge on any atom is 0.322 e. The van der Waals surface area contributed by atoms with E-state index in [1.165, 1.54) is 12.1 Å². The molecule has 132 valence electrons. The number of anilines is 1. The summed E-state index contributed by atoms with van der Waals surface area (Å²) in [6.07, 6.45) is 2.00. The van der Waals surface area contributed by atoms with Crippen LogP contribution in [0.2, 0.25) is 0 Å². The highest BCUT2D eigenvalue weighted by atomic mass is 19.1. The van der Waals surface area contributed by atoms with E-state index in [9.17, 15) is 9.18 Å². The molecule has 5 heteroatoms. The zero-order chi connectivity index (χ0) is 18.1. The third-order valence-electron chi connectivity index (χ3n) is 4.73. The smallest absolute Gasteiger partial charge is 0.322 e. The maximum atomic E-state index is 13.8. The average Bonchev–Trinajstić information content (AvgIpc) is 3.09. The Balaban J connectivity index is 1.68. The molecule has 1 aliphatic rings. The fourth-order valence-electron chi connectivity index (χ4n) is 3.55. The Morgan fingerprint density at radius 3 is 2.73 bits per heavy atom. The van der Waals surface area contributed by atoms with Crippen LogP contribution in [0.4, 0.5) is 14.9 Å². The Kier molecular flexibility index (Phi) is 4.21. The topological polar surface area (TPSA) is 37.3 Å². The molecular formula is C21H20FN3O. The molecule has 1 atom stereocenters. The number of carbonyl (C=O) groups is 1. The lowest BCUT2D eigenvalue weighted by atomic mass is 10.00. The van der Waals surface area contributed by atoms with Crippen LogP contribution in [0.5, 0.6) is 0 Å². The Hall–Kier alpha value is -3.08. The number of nitrogens with zero attached hydrogens (tertiary/aromatic N) is 2. The Morgan fingerprint density at radius 2 is 1.92 bits per heavy atom. The summed E-state index contributed by atoms with van der Waals surface area (Å²) < 4.78 is 15.9. The van der Waals surface area contributed by atoms with E-state index in [-0.39, 0.29) is 17.9 Å². The van der Waals surface area contributed by atoms with Crippen molar-refractivity contribution >= 4 is 11.7 Å². The molecule has 0 bridgehead atoms. The number of benzene rings is 2. The molecule has 0 aliphatic carbocycles. The van der Waals surface area contributed by atoms with Gasteiger partial charge in [0, 0.05) is 30.7 Å². The number of carbonyl (C=O) groups excluding carboxylic acids is 1. The van der Waals surface area contributed by atoms with Crippen LogP contribution < -0.4 is 5.32 Å². The van der Waals surface area contributed by atoms with Gasteiger partial charge in [0.2, 0.25) is 0 Å². The molecule has 0 saturated carbocycles. The molecule has 4 nitrogen and oxygen atoms in total. The second-order valence-corrected chi connectivity index (χ2v) is 6.58. The molecule has 1 N–H and O–H groups in total. The minimum Gasteiger partial charge on any atom is -0.348 e. The lowest BCUT2D eigenvalue weighted by Crippen LogP contribution is -2.44. The summed E-state index contributed by atoms with van der Waals surface area (Å²) >= 11 is 0. The van der Waals surface area contributed by atoms with Crippen LogP contribution in [0.3, 0.4) is 0 Å². The van der Waals surface area contributed by atoms with Crippen LogP contribution in [-0.4, -0.2) is 22.0 Å². The largest absolute Gasteiger partial charge is 0.348 e. The van der Waals surface area contributed by atoms with Gasteiger partial charge >= 0.3 is 6.03 Å². The van der Waals surface area contributed by atoms with Crippen molar-refractivity contribution in [1.29, 1.82) is 0 Å². The number of rotatable bonds is 2. The molecule has 0 unspecified atom stereocenters. The van der Waals surface area contributed by atoms with Gasteiger partial charge in [-0.1, -0.05) is 24.3 Å². The van der Waals surface area contributed by atoms with Gasteiger partial charge in [-0.25, -0.2) is 9.18 Å². The molecule has 0 radical (unpaired) electrons. The highest BCUT2D eigenvalue weighted by Crippen LogP contribution is 2.33. The summed E-state index contributed by atoms with van der Waals surface area (Å²) in [5, 5.41) is 2.97. The van der Waals surface area contributed by atoms with Gasteiger partial charge in [0.05, 0.1) is 6.04 Å². The summed E-state index contributed by atoms with van der Waals surface area (Å²) in [6.45, 7) is 3.26. The second-order valence-electron chi connectivity index (χ2n) is 6.58. The summed E-state index contributed by atoms with van der Waals surface area (Å²) in [5.74, 6) is -0.301. The first kappa shape index (κ1) is 16.4. The van der Waals surface area contributed by atoms with Crippen molar-refractivity contribution in [2.45, 2.75) is 19.5 Å². The molecule has 2 aromatic carbocycles. The van der Waals surface area contributed by atoms with Crippen LogP contribution in [0.15, 0.2) is 66.9 Å². The van der Waals surface area contributed by atoms with E-state index < -0.39 is 0 Å². The SMILES string of the molecule is Cc1cccc(NC(=O)N2CCn3cccc3[C@@H]2c2cccc(F)c2)c1. The number of hydrogen-bond donors (Lipinski definition) is 1. The third kappa shape index (κ3) is 3.08. The van der Waals surface area contributed by atoms with Crippen molar-refractivity contribution in [3.05, 3.63) is 89.5 Å². The molecular weight excluding hydrogens is 329 g/mol. The van der Waals surface area contributed by atoms with Crippen molar-refractivity contribution in [2.75, 3.05) is 11.9 Å². The fourth-order valence-corrected chi connectivity index (χ4v) is 3.55. The Bertz CT molecular complexity index is 950. The van der Waals surface area contributed by atoms with Crippen molar-refractivity contribution < 1.29 is 9.18 Å². The van der Waals surface area contributed by atoms with E-state index in [1.807, 2.05) is 55.6 Å². The summed E-state index contributed by atoms with van der Waals surface area (Å²) in [7, 11) is 0. The van der Waals surface area contributed by atoms with Gasteiger partial charge in [-0.15, -0.1) is 0 Å². The number of aromatic nitrogens is 1. The Labute approximate surface area is 151 Å². The number of nitrogens with one attached hydrogen (secondary N) is 1. The molecule has 2 amide bonds. The summed E-state index contributed by atoms with van der Waals surface area (Å²) in [6, 6.07) is 17.6. The van der Waals surface area contributed by atoms with Gasteiger partial charge in [-0.3, -0.25) is 0 Å². The molecule has 26 heavy (non-hydrogen) atoms. The number of hydrogen-bond acceptors (Lipinski definition) is 1. The first-order valence-electron chi connectivity index (χ1n) is 8.66. The van der Waals surface area contributed by atoms with Gasteiger partial charge in [-0.2, -0.15) is 0 Å². The van der Waals surface area contributed by atoms with Crippen LogP contribution >= 0.6 is 0 Å². The summed E-state index contributed by atoms with van der Waals surface area (Å²) in [4.78, 5) is 14.8. The molecule has 0 saturated heterocycles. The van der Waals surface area contributed by atoms with E-state index in [1.54, 1.807) is 11.0 Å². The third-order valence-corrected chi connectivity index (χ3v) is 4.73. The molecule has 1 aromatic heterocycles. The van der Waals surface area contributed by atoms with E-state index in [2.05, 4.69) is 9.88 Å². The van der Waals surface area contributed by atoms with Crippen molar-refractivity contribution in [1.82, 2.24) is 9.47 Å². The van der Waals surface area contributed by atoms with Gasteiger partial charge < -0.3 is 14.8 Å². The minimum absolute atomic E-state index is 0.183. The number of amides is 2. The molecule has 0 spiro atoms. The molecule has 3 aromatic rings.